The zero-order chi connectivity index (χ0) is 11.4. The van der Waals surface area contributed by atoms with E-state index in [4.69, 9.17) is 4.52 Å². The van der Waals surface area contributed by atoms with Crippen LogP contribution in [0.1, 0.15) is 36.8 Å². The van der Waals surface area contributed by atoms with Crippen molar-refractivity contribution in [1.29, 1.82) is 0 Å². The molecule has 4 nitrogen and oxygen atoms in total. The average Bonchev–Trinajstić information content (AvgIpc) is 2.42. The first-order valence-electron chi connectivity index (χ1n) is 4.93. The normalized spacial score (nSPS) is 10.3. The largest absolute Gasteiger partial charge is 0.361 e. The van der Waals surface area contributed by atoms with Gasteiger partial charge in [0, 0.05) is 12.0 Å². The summed E-state index contributed by atoms with van der Waals surface area (Å²) in [6.07, 6.45) is 1.01. The van der Waals surface area contributed by atoms with E-state index in [1.165, 1.54) is 6.92 Å². The lowest BCUT2D eigenvalue weighted by Crippen LogP contribution is -2.06. The Kier molecular flexibility index (Phi) is 3.77. The lowest BCUT2D eigenvalue weighted by Gasteiger charge is -1.98. The third-order valence-electron chi connectivity index (χ3n) is 2.28. The smallest absolute Gasteiger partial charge is 0.140 e. The highest BCUT2D eigenvalue weighted by molar-refractivity contribution is 5.97. The Morgan fingerprint density at radius 2 is 2.00 bits per heavy atom. The Hall–Kier alpha value is -1.45. The van der Waals surface area contributed by atoms with E-state index in [0.29, 0.717) is 12.8 Å². The number of hydrogen-bond donors (Lipinski definition) is 0. The summed E-state index contributed by atoms with van der Waals surface area (Å²) in [4.78, 5) is 22.0. The lowest BCUT2D eigenvalue weighted by atomic mass is 10.0. The van der Waals surface area contributed by atoms with Crippen molar-refractivity contribution in [2.75, 3.05) is 0 Å². The minimum atomic E-state index is -0.0845. The molecule has 0 atom stereocenters. The molecule has 82 valence electrons. The number of Topliss-reactive ketones (excluding diaryl/α,β-unsaturated/α-hetero) is 2. The standard InChI is InChI=1S/C11H15NO3/c1-7(13)6-10(14)4-5-11-8(2)12-15-9(11)3/h4-6H2,1-3H3. The molecular formula is C11H15NO3. The number of aromatic nitrogens is 1. The second-order valence-electron chi connectivity index (χ2n) is 3.72. The van der Waals surface area contributed by atoms with E-state index < -0.39 is 0 Å². The number of aryl methyl sites for hydroxylation is 2. The number of carbonyl (C=O) groups is 2. The molecular weight excluding hydrogens is 194 g/mol. The van der Waals surface area contributed by atoms with Crippen LogP contribution in [0, 0.1) is 13.8 Å². The average molecular weight is 209 g/mol. The molecule has 0 bridgehead atoms. The van der Waals surface area contributed by atoms with Gasteiger partial charge in [-0.2, -0.15) is 0 Å². The SMILES string of the molecule is CC(=O)CC(=O)CCc1c(C)noc1C. The lowest BCUT2D eigenvalue weighted by molar-refractivity contribution is -0.125. The van der Waals surface area contributed by atoms with Crippen molar-refractivity contribution in [3.63, 3.8) is 0 Å². The molecule has 0 aliphatic heterocycles. The van der Waals surface area contributed by atoms with E-state index in [2.05, 4.69) is 5.16 Å². The van der Waals surface area contributed by atoms with Crippen LogP contribution >= 0.6 is 0 Å². The van der Waals surface area contributed by atoms with Crippen LogP contribution in [0.15, 0.2) is 4.52 Å². The van der Waals surface area contributed by atoms with Gasteiger partial charge in [0.25, 0.3) is 0 Å². The van der Waals surface area contributed by atoms with Gasteiger partial charge in [-0.1, -0.05) is 5.16 Å². The van der Waals surface area contributed by atoms with Crippen LogP contribution in [0.4, 0.5) is 0 Å². The Labute approximate surface area is 88.6 Å². The number of nitrogens with zero attached hydrogens (tertiary/aromatic N) is 1. The van der Waals surface area contributed by atoms with Gasteiger partial charge in [-0.25, -0.2) is 0 Å². The second kappa shape index (κ2) is 4.87. The molecule has 0 radical (unpaired) electrons. The summed E-state index contributed by atoms with van der Waals surface area (Å²) in [5, 5.41) is 3.80. The van der Waals surface area contributed by atoms with Crippen LogP contribution in [0.3, 0.4) is 0 Å². The summed E-state index contributed by atoms with van der Waals surface area (Å²) in [6, 6.07) is 0. The van der Waals surface area contributed by atoms with Crippen LogP contribution in [0.2, 0.25) is 0 Å². The molecule has 0 aliphatic carbocycles. The van der Waals surface area contributed by atoms with Crippen molar-refractivity contribution in [2.45, 2.75) is 40.0 Å². The molecule has 1 rings (SSSR count). The van der Waals surface area contributed by atoms with Gasteiger partial charge in [0.15, 0.2) is 0 Å². The molecule has 0 aliphatic rings. The highest BCUT2D eigenvalue weighted by Crippen LogP contribution is 2.14. The number of ketones is 2. The Morgan fingerprint density at radius 1 is 1.33 bits per heavy atom. The van der Waals surface area contributed by atoms with Crippen molar-refractivity contribution in [1.82, 2.24) is 5.16 Å². The van der Waals surface area contributed by atoms with Gasteiger partial charge in [0.2, 0.25) is 0 Å². The third-order valence-corrected chi connectivity index (χ3v) is 2.28. The predicted octanol–water partition coefficient (Wildman–Crippen LogP) is 1.77. The molecule has 0 saturated heterocycles. The van der Waals surface area contributed by atoms with Gasteiger partial charge in [0.1, 0.15) is 17.3 Å². The molecule has 1 heterocycles. The van der Waals surface area contributed by atoms with Crippen molar-refractivity contribution in [3.8, 4) is 0 Å². The molecule has 0 spiro atoms. The van der Waals surface area contributed by atoms with Crippen molar-refractivity contribution in [2.24, 2.45) is 0 Å². The van der Waals surface area contributed by atoms with Gasteiger partial charge in [-0.15, -0.1) is 0 Å². The molecule has 0 N–H and O–H groups in total. The summed E-state index contributed by atoms with van der Waals surface area (Å²) in [6.45, 7) is 5.10. The van der Waals surface area contributed by atoms with Crippen molar-refractivity contribution in [3.05, 3.63) is 17.0 Å². The molecule has 0 fully saturated rings. The first kappa shape index (κ1) is 11.6. The monoisotopic (exact) mass is 209 g/mol. The molecule has 0 unspecified atom stereocenters. The third kappa shape index (κ3) is 3.31. The summed E-state index contributed by atoms with van der Waals surface area (Å²) < 4.78 is 4.98. The molecule has 15 heavy (non-hydrogen) atoms. The summed E-state index contributed by atoms with van der Waals surface area (Å²) >= 11 is 0. The molecule has 1 aromatic heterocycles. The number of carbonyl (C=O) groups excluding carboxylic acids is 2. The Morgan fingerprint density at radius 3 is 2.47 bits per heavy atom. The first-order valence-corrected chi connectivity index (χ1v) is 4.93. The summed E-state index contributed by atoms with van der Waals surface area (Å²) in [7, 11) is 0. The maximum atomic E-state index is 11.3. The maximum Gasteiger partial charge on any atom is 0.140 e. The molecule has 1 aromatic rings. The van der Waals surface area contributed by atoms with Gasteiger partial charge in [0.05, 0.1) is 12.1 Å². The highest BCUT2D eigenvalue weighted by atomic mass is 16.5. The molecule has 0 aromatic carbocycles. The van der Waals surface area contributed by atoms with Gasteiger partial charge >= 0.3 is 0 Å². The van der Waals surface area contributed by atoms with Gasteiger partial charge in [-0.05, 0) is 27.2 Å². The molecule has 4 heteroatoms. The van der Waals surface area contributed by atoms with Gasteiger partial charge in [-0.3, -0.25) is 9.59 Å². The van der Waals surface area contributed by atoms with Crippen LogP contribution in [-0.2, 0) is 16.0 Å². The fraction of sp³-hybridized carbons (Fsp3) is 0.545. The number of hydrogen-bond acceptors (Lipinski definition) is 4. The van der Waals surface area contributed by atoms with Crippen LogP contribution in [0.5, 0.6) is 0 Å². The van der Waals surface area contributed by atoms with E-state index >= 15 is 0 Å². The summed E-state index contributed by atoms with van der Waals surface area (Å²) in [5.74, 6) is 0.643. The summed E-state index contributed by atoms with van der Waals surface area (Å²) in [5.41, 5.74) is 1.80. The van der Waals surface area contributed by atoms with Crippen LogP contribution in [-0.4, -0.2) is 16.7 Å². The van der Waals surface area contributed by atoms with E-state index in [0.717, 1.165) is 17.0 Å². The fourth-order valence-electron chi connectivity index (χ4n) is 1.49. The fourth-order valence-corrected chi connectivity index (χ4v) is 1.49. The highest BCUT2D eigenvalue weighted by Gasteiger charge is 2.11. The van der Waals surface area contributed by atoms with Crippen LogP contribution in [0.25, 0.3) is 0 Å². The quantitative estimate of drug-likeness (QED) is 0.693. The van der Waals surface area contributed by atoms with E-state index in [1.54, 1.807) is 0 Å². The van der Waals surface area contributed by atoms with E-state index in [9.17, 15) is 9.59 Å². The first-order chi connectivity index (χ1) is 7.00. The van der Waals surface area contributed by atoms with E-state index in [1.807, 2.05) is 13.8 Å². The topological polar surface area (TPSA) is 60.2 Å². The van der Waals surface area contributed by atoms with Gasteiger partial charge < -0.3 is 4.52 Å². The Balaban J connectivity index is 2.50. The zero-order valence-electron chi connectivity index (χ0n) is 9.29. The van der Waals surface area contributed by atoms with Crippen molar-refractivity contribution >= 4 is 11.6 Å². The zero-order valence-corrected chi connectivity index (χ0v) is 9.29. The molecule has 0 amide bonds. The predicted molar refractivity (Wildman–Crippen MR) is 54.6 cm³/mol. The second-order valence-corrected chi connectivity index (χ2v) is 3.72. The minimum Gasteiger partial charge on any atom is -0.361 e. The molecule has 0 saturated carbocycles. The maximum absolute atomic E-state index is 11.3. The Bertz CT molecular complexity index is 360. The van der Waals surface area contributed by atoms with Crippen LogP contribution < -0.4 is 0 Å². The van der Waals surface area contributed by atoms with E-state index in [-0.39, 0.29) is 18.0 Å². The minimum absolute atomic E-state index is 0.0255. The number of rotatable bonds is 5. The van der Waals surface area contributed by atoms with Crippen molar-refractivity contribution < 1.29 is 14.1 Å².